The predicted molar refractivity (Wildman–Crippen MR) is 128 cm³/mol. The highest BCUT2D eigenvalue weighted by atomic mass is 35.5. The third kappa shape index (κ3) is 4.69. The first-order valence-electron chi connectivity index (χ1n) is 11.0. The van der Waals surface area contributed by atoms with E-state index < -0.39 is 0 Å². The third-order valence-electron chi connectivity index (χ3n) is 6.01. The monoisotopic (exact) mass is 444 g/mol. The van der Waals surface area contributed by atoms with Crippen LogP contribution < -0.4 is 5.32 Å². The number of fused-ring (bicyclic) bond motifs is 1. The van der Waals surface area contributed by atoms with Crippen molar-refractivity contribution in [3.8, 4) is 11.1 Å². The molecule has 4 aromatic rings. The lowest BCUT2D eigenvalue weighted by molar-refractivity contribution is 0.0904. The Kier molecular flexibility index (Phi) is 5.93. The van der Waals surface area contributed by atoms with Crippen LogP contribution >= 0.6 is 11.6 Å². The summed E-state index contributed by atoms with van der Waals surface area (Å²) in [7, 11) is 0. The van der Waals surface area contributed by atoms with Crippen LogP contribution in [0.4, 0.5) is 0 Å². The summed E-state index contributed by atoms with van der Waals surface area (Å²) in [5.41, 5.74) is 4.58. The summed E-state index contributed by atoms with van der Waals surface area (Å²) in [4.78, 5) is 19.8. The quantitative estimate of drug-likeness (QED) is 0.468. The van der Waals surface area contributed by atoms with E-state index in [1.807, 2.05) is 53.1 Å². The van der Waals surface area contributed by atoms with Gasteiger partial charge in [-0.3, -0.25) is 9.69 Å². The van der Waals surface area contributed by atoms with Crippen molar-refractivity contribution in [3.63, 3.8) is 0 Å². The van der Waals surface area contributed by atoms with Crippen molar-refractivity contribution in [2.45, 2.75) is 25.4 Å². The van der Waals surface area contributed by atoms with E-state index in [1.165, 1.54) is 5.56 Å². The van der Waals surface area contributed by atoms with Crippen LogP contribution in [-0.4, -0.2) is 39.3 Å². The number of carbonyl (C=O) groups excluding carboxylic acids is 1. The molecular formula is C26H25ClN4O. The van der Waals surface area contributed by atoms with Crippen LogP contribution in [0.5, 0.6) is 0 Å². The first-order valence-corrected chi connectivity index (χ1v) is 11.3. The van der Waals surface area contributed by atoms with E-state index in [0.717, 1.165) is 49.2 Å². The minimum absolute atomic E-state index is 0.112. The number of amides is 1. The molecule has 0 saturated carbocycles. The highest BCUT2D eigenvalue weighted by Crippen LogP contribution is 2.23. The molecule has 6 heteroatoms. The van der Waals surface area contributed by atoms with Crippen molar-refractivity contribution in [1.29, 1.82) is 0 Å². The summed E-state index contributed by atoms with van der Waals surface area (Å²) in [6.07, 6.45) is 5.67. The van der Waals surface area contributed by atoms with Gasteiger partial charge in [-0.15, -0.1) is 0 Å². The molecule has 2 aromatic carbocycles. The summed E-state index contributed by atoms with van der Waals surface area (Å²) in [6, 6.07) is 22.4. The SMILES string of the molecule is O=C(NC1CCN(Cc2ccccc2)CC1)c1cn2cc(-c3cccc(Cl)c3)ccc2n1. The second-order valence-electron chi connectivity index (χ2n) is 8.33. The van der Waals surface area contributed by atoms with Crippen molar-refractivity contribution < 1.29 is 4.79 Å². The Balaban J connectivity index is 1.21. The van der Waals surface area contributed by atoms with Crippen LogP contribution in [0.1, 0.15) is 28.9 Å². The van der Waals surface area contributed by atoms with Gasteiger partial charge < -0.3 is 9.72 Å². The van der Waals surface area contributed by atoms with Gasteiger partial charge in [0, 0.05) is 43.1 Å². The number of nitrogens with one attached hydrogen (secondary N) is 1. The van der Waals surface area contributed by atoms with Gasteiger partial charge in [0.05, 0.1) is 0 Å². The standard InChI is InChI=1S/C26H25ClN4O/c27-22-8-4-7-20(15-22)21-9-10-25-29-24(18-31(25)17-21)26(32)28-23-11-13-30(14-12-23)16-19-5-2-1-3-6-19/h1-10,15,17-18,23H,11-14,16H2,(H,28,32). The van der Waals surface area contributed by atoms with Crippen LogP contribution in [0.2, 0.25) is 5.02 Å². The fourth-order valence-electron chi connectivity index (χ4n) is 4.28. The smallest absolute Gasteiger partial charge is 0.271 e. The average Bonchev–Trinajstić information content (AvgIpc) is 3.25. The van der Waals surface area contributed by atoms with Gasteiger partial charge in [-0.1, -0.05) is 54.1 Å². The van der Waals surface area contributed by atoms with E-state index in [-0.39, 0.29) is 11.9 Å². The summed E-state index contributed by atoms with van der Waals surface area (Å²) >= 11 is 6.13. The lowest BCUT2D eigenvalue weighted by Crippen LogP contribution is -2.44. The zero-order valence-electron chi connectivity index (χ0n) is 17.7. The maximum Gasteiger partial charge on any atom is 0.271 e. The van der Waals surface area contributed by atoms with E-state index in [2.05, 4.69) is 39.5 Å². The Hall–Kier alpha value is -3.15. The number of aromatic nitrogens is 2. The number of benzene rings is 2. The minimum atomic E-state index is -0.112. The highest BCUT2D eigenvalue weighted by Gasteiger charge is 2.22. The van der Waals surface area contributed by atoms with Crippen LogP contribution in [-0.2, 0) is 6.54 Å². The van der Waals surface area contributed by atoms with E-state index in [4.69, 9.17) is 11.6 Å². The van der Waals surface area contributed by atoms with Crippen LogP contribution in [0.15, 0.2) is 79.1 Å². The third-order valence-corrected chi connectivity index (χ3v) is 6.25. The Morgan fingerprint density at radius 3 is 2.56 bits per heavy atom. The Morgan fingerprint density at radius 1 is 0.969 bits per heavy atom. The van der Waals surface area contributed by atoms with E-state index in [1.54, 1.807) is 6.20 Å². The first-order chi connectivity index (χ1) is 15.6. The van der Waals surface area contributed by atoms with Crippen molar-refractivity contribution in [2.24, 2.45) is 0 Å². The van der Waals surface area contributed by atoms with Crippen LogP contribution in [0, 0.1) is 0 Å². The van der Waals surface area contributed by atoms with Crippen LogP contribution in [0.3, 0.4) is 0 Å². The van der Waals surface area contributed by atoms with Crippen molar-refractivity contribution in [2.75, 3.05) is 13.1 Å². The molecule has 162 valence electrons. The van der Waals surface area contributed by atoms with E-state index in [0.29, 0.717) is 10.7 Å². The number of carbonyl (C=O) groups is 1. The fraction of sp³-hybridized carbons (Fsp3) is 0.231. The van der Waals surface area contributed by atoms with Gasteiger partial charge in [0.2, 0.25) is 0 Å². The molecule has 32 heavy (non-hydrogen) atoms. The van der Waals surface area contributed by atoms with Gasteiger partial charge in [0.25, 0.3) is 5.91 Å². The van der Waals surface area contributed by atoms with Crippen molar-refractivity contribution in [3.05, 3.63) is 95.4 Å². The number of likely N-dealkylation sites (tertiary alicyclic amines) is 1. The maximum atomic E-state index is 12.8. The number of halogens is 1. The number of hydrogen-bond acceptors (Lipinski definition) is 3. The van der Waals surface area contributed by atoms with E-state index >= 15 is 0 Å². The molecular weight excluding hydrogens is 420 g/mol. The second kappa shape index (κ2) is 9.15. The average molecular weight is 445 g/mol. The second-order valence-corrected chi connectivity index (χ2v) is 8.77. The molecule has 5 rings (SSSR count). The minimum Gasteiger partial charge on any atom is -0.348 e. The molecule has 1 aliphatic heterocycles. The number of hydrogen-bond donors (Lipinski definition) is 1. The Bertz CT molecular complexity index is 1230. The summed E-state index contributed by atoms with van der Waals surface area (Å²) in [6.45, 7) is 2.92. The Morgan fingerprint density at radius 2 is 1.78 bits per heavy atom. The van der Waals surface area contributed by atoms with Gasteiger partial charge in [-0.2, -0.15) is 0 Å². The molecule has 1 aliphatic rings. The highest BCUT2D eigenvalue weighted by molar-refractivity contribution is 6.30. The molecule has 5 nitrogen and oxygen atoms in total. The zero-order valence-corrected chi connectivity index (χ0v) is 18.5. The molecule has 0 atom stereocenters. The molecule has 1 fully saturated rings. The molecule has 0 aliphatic carbocycles. The summed E-state index contributed by atoms with van der Waals surface area (Å²) < 4.78 is 1.90. The normalized spacial score (nSPS) is 15.2. The molecule has 0 spiro atoms. The topological polar surface area (TPSA) is 49.6 Å². The molecule has 1 amide bonds. The van der Waals surface area contributed by atoms with Crippen LogP contribution in [0.25, 0.3) is 16.8 Å². The first kappa shape index (κ1) is 20.7. The van der Waals surface area contributed by atoms with Gasteiger partial charge in [0.1, 0.15) is 11.3 Å². The lowest BCUT2D eigenvalue weighted by atomic mass is 10.0. The number of imidazole rings is 1. The molecule has 3 heterocycles. The lowest BCUT2D eigenvalue weighted by Gasteiger charge is -2.32. The van der Waals surface area contributed by atoms with Crippen molar-refractivity contribution in [1.82, 2.24) is 19.6 Å². The number of pyridine rings is 1. The fourth-order valence-corrected chi connectivity index (χ4v) is 4.47. The molecule has 2 aromatic heterocycles. The largest absolute Gasteiger partial charge is 0.348 e. The van der Waals surface area contributed by atoms with Gasteiger partial charge in [-0.05, 0) is 53.8 Å². The molecule has 1 N–H and O–H groups in total. The molecule has 0 radical (unpaired) electrons. The zero-order chi connectivity index (χ0) is 21.9. The molecule has 1 saturated heterocycles. The number of rotatable bonds is 5. The van der Waals surface area contributed by atoms with Gasteiger partial charge in [-0.25, -0.2) is 4.98 Å². The van der Waals surface area contributed by atoms with Crippen molar-refractivity contribution >= 4 is 23.2 Å². The number of nitrogens with zero attached hydrogens (tertiary/aromatic N) is 3. The number of piperidine rings is 1. The van der Waals surface area contributed by atoms with Gasteiger partial charge >= 0.3 is 0 Å². The van der Waals surface area contributed by atoms with E-state index in [9.17, 15) is 4.79 Å². The Labute approximate surface area is 192 Å². The van der Waals surface area contributed by atoms with Gasteiger partial charge in [0.15, 0.2) is 0 Å². The predicted octanol–water partition coefficient (Wildman–Crippen LogP) is 5.05. The molecule has 0 bridgehead atoms. The summed E-state index contributed by atoms with van der Waals surface area (Å²) in [5.74, 6) is -0.112. The summed E-state index contributed by atoms with van der Waals surface area (Å²) in [5, 5.41) is 3.87. The molecule has 0 unspecified atom stereocenters. The maximum absolute atomic E-state index is 12.8.